The Hall–Kier alpha value is -6.24. The molecule has 0 radical (unpaired) electrons. The van der Waals surface area contributed by atoms with Crippen LogP contribution in [0.25, 0.3) is 21.9 Å². The molecule has 10 rings (SSSR count). The summed E-state index contributed by atoms with van der Waals surface area (Å²) in [5.41, 5.74) is 0.925. The highest BCUT2D eigenvalue weighted by molar-refractivity contribution is 5.85. The number of fused-ring (bicyclic) bond motifs is 6. The summed E-state index contributed by atoms with van der Waals surface area (Å²) in [6.07, 6.45) is 4.26. The zero-order valence-electron chi connectivity index (χ0n) is 33.8. The third-order valence-electron chi connectivity index (χ3n) is 9.86. The fourth-order valence-corrected chi connectivity index (χ4v) is 6.82. The van der Waals surface area contributed by atoms with Gasteiger partial charge in [0.05, 0.1) is 36.5 Å². The van der Waals surface area contributed by atoms with Crippen molar-refractivity contribution in [1.82, 2.24) is 10.6 Å². The van der Waals surface area contributed by atoms with Crippen LogP contribution in [0.3, 0.4) is 0 Å². The van der Waals surface area contributed by atoms with Gasteiger partial charge in [-0.2, -0.15) is 0 Å². The molecule has 63 heavy (non-hydrogen) atoms. The van der Waals surface area contributed by atoms with Crippen LogP contribution in [0.4, 0.5) is 0 Å². The summed E-state index contributed by atoms with van der Waals surface area (Å²) in [6, 6.07) is 20.5. The van der Waals surface area contributed by atoms with Crippen LogP contribution in [-0.2, 0) is 0 Å². The minimum atomic E-state index is -0.0813. The molecule has 2 atom stereocenters. The third kappa shape index (κ3) is 11.2. The van der Waals surface area contributed by atoms with E-state index in [9.17, 15) is 9.59 Å². The van der Waals surface area contributed by atoms with E-state index in [4.69, 9.17) is 56.2 Å². The largest absolute Gasteiger partial charge is 0.493 e. The lowest BCUT2D eigenvalue weighted by Gasteiger charge is -2.27. The second-order valence-electron chi connectivity index (χ2n) is 14.1. The first-order chi connectivity index (χ1) is 29.5. The molecule has 4 aliphatic rings. The van der Waals surface area contributed by atoms with Crippen molar-refractivity contribution in [2.24, 2.45) is 0 Å². The number of benzene rings is 4. The number of nitrogens with one attached hydrogen (secondary N) is 2. The Bertz CT molecular complexity index is 2410. The molecule has 2 aromatic heterocycles. The lowest BCUT2D eigenvalue weighted by Crippen LogP contribution is -2.39. The highest BCUT2D eigenvalue weighted by atomic mass is 35.5. The van der Waals surface area contributed by atoms with Crippen LogP contribution < -0.4 is 68.9 Å². The molecule has 0 bridgehead atoms. The summed E-state index contributed by atoms with van der Waals surface area (Å²) in [4.78, 5) is 23.5. The van der Waals surface area contributed by atoms with Crippen molar-refractivity contribution in [2.45, 2.75) is 25.0 Å². The highest BCUT2D eigenvalue weighted by Crippen LogP contribution is 2.45. The molecule has 6 heterocycles. The minimum absolute atomic E-state index is 0. The molecule has 0 fully saturated rings. The van der Waals surface area contributed by atoms with E-state index in [-0.39, 0.29) is 66.9 Å². The van der Waals surface area contributed by atoms with Gasteiger partial charge in [-0.1, -0.05) is 0 Å². The molecule has 0 amide bonds. The minimum Gasteiger partial charge on any atom is -0.493 e. The topological polar surface area (TPSA) is 208 Å². The molecule has 4 aromatic carbocycles. The summed E-state index contributed by atoms with van der Waals surface area (Å²) < 4.78 is 67.2. The van der Waals surface area contributed by atoms with Crippen molar-refractivity contribution in [1.29, 1.82) is 0 Å². The Labute approximate surface area is 372 Å². The fourth-order valence-electron chi connectivity index (χ4n) is 6.82. The van der Waals surface area contributed by atoms with Crippen molar-refractivity contribution in [3.8, 4) is 57.5 Å². The van der Waals surface area contributed by atoms with Gasteiger partial charge in [0.15, 0.2) is 56.9 Å². The molecule has 0 aliphatic carbocycles. The molecule has 4 N–H and O–H groups in total. The van der Waals surface area contributed by atoms with Crippen molar-refractivity contribution in [3.63, 3.8) is 0 Å². The number of hydrogen-bond acceptors (Lipinski definition) is 16. The molecular weight excluding hydrogens is 867 g/mol. The van der Waals surface area contributed by atoms with Crippen LogP contribution >= 0.6 is 24.8 Å². The standard InChI is InChI=1S/2C22H21NO7.2ClH.H2O/c2*24-17-4-7-26-18-8-14(2-3-16(17)18)25-6-1-5-23-11-15-12-27-21-9-19-20(29-13-28-19)10-22(21)30-15;;;/h2*2-4,7-10,15,23H,1,5-6,11-13H2;2*1H;1H2. The number of ether oxygens (including phenoxy) is 10. The Balaban J connectivity index is 0.000000200. The Morgan fingerprint density at radius 1 is 0.508 bits per heavy atom. The van der Waals surface area contributed by atoms with Gasteiger partial charge in [0, 0.05) is 61.6 Å². The zero-order chi connectivity index (χ0) is 40.7. The van der Waals surface area contributed by atoms with E-state index in [2.05, 4.69) is 10.6 Å². The first-order valence-corrected chi connectivity index (χ1v) is 19.7. The monoisotopic (exact) mass is 912 g/mol. The molecule has 2 unspecified atom stereocenters. The normalized spacial score (nSPS) is 15.8. The molecule has 0 saturated heterocycles. The fraction of sp³-hybridized carbons (Fsp3) is 0.318. The van der Waals surface area contributed by atoms with Crippen LogP contribution in [0.1, 0.15) is 12.8 Å². The number of halogens is 2. The van der Waals surface area contributed by atoms with Crippen LogP contribution in [-0.4, -0.2) is 83.9 Å². The summed E-state index contributed by atoms with van der Waals surface area (Å²) in [7, 11) is 0. The van der Waals surface area contributed by atoms with Gasteiger partial charge in [-0.3, -0.25) is 9.59 Å². The van der Waals surface area contributed by atoms with E-state index in [1.807, 2.05) is 12.1 Å². The second kappa shape index (κ2) is 21.7. The number of hydrogen-bond donors (Lipinski definition) is 2. The Morgan fingerprint density at radius 2 is 0.905 bits per heavy atom. The average Bonchev–Trinajstić information content (AvgIpc) is 3.93. The smallest absolute Gasteiger partial charge is 0.231 e. The van der Waals surface area contributed by atoms with Crippen LogP contribution in [0.2, 0.25) is 0 Å². The summed E-state index contributed by atoms with van der Waals surface area (Å²) in [5, 5.41) is 7.82. The third-order valence-corrected chi connectivity index (χ3v) is 9.86. The maximum Gasteiger partial charge on any atom is 0.231 e. The predicted octanol–water partition coefficient (Wildman–Crippen LogP) is 5.46. The van der Waals surface area contributed by atoms with Crippen molar-refractivity contribution in [2.75, 3.05) is 66.2 Å². The molecular formula is C44H46Cl2N2O15. The van der Waals surface area contributed by atoms with Gasteiger partial charge in [0.2, 0.25) is 13.6 Å². The van der Waals surface area contributed by atoms with Crippen molar-refractivity contribution in [3.05, 3.63) is 106 Å². The highest BCUT2D eigenvalue weighted by Gasteiger charge is 2.27. The molecule has 336 valence electrons. The summed E-state index contributed by atoms with van der Waals surface area (Å²) in [6.45, 7) is 5.35. The van der Waals surface area contributed by atoms with Crippen molar-refractivity contribution < 1.29 is 61.7 Å². The maximum absolute atomic E-state index is 11.7. The molecule has 0 spiro atoms. The second-order valence-corrected chi connectivity index (χ2v) is 14.1. The van der Waals surface area contributed by atoms with Crippen LogP contribution in [0.15, 0.2) is 104 Å². The van der Waals surface area contributed by atoms with Gasteiger partial charge < -0.3 is 72.3 Å². The molecule has 6 aromatic rings. The van der Waals surface area contributed by atoms with E-state index < -0.39 is 0 Å². The summed E-state index contributed by atoms with van der Waals surface area (Å²) >= 11 is 0. The molecule has 17 nitrogen and oxygen atoms in total. The first kappa shape index (κ1) is 46.3. The van der Waals surface area contributed by atoms with Gasteiger partial charge >= 0.3 is 0 Å². The lowest BCUT2D eigenvalue weighted by molar-refractivity contribution is 0.0899. The Kier molecular flexibility index (Phi) is 15.9. The lowest BCUT2D eigenvalue weighted by atomic mass is 10.2. The maximum atomic E-state index is 11.7. The molecule has 4 aliphatic heterocycles. The van der Waals surface area contributed by atoms with Gasteiger partial charge in [-0.05, 0) is 50.2 Å². The van der Waals surface area contributed by atoms with Crippen LogP contribution in [0.5, 0.6) is 57.5 Å². The van der Waals surface area contributed by atoms with Crippen LogP contribution in [0, 0.1) is 0 Å². The first-order valence-electron chi connectivity index (χ1n) is 19.7. The molecule has 19 heteroatoms. The Morgan fingerprint density at radius 3 is 1.33 bits per heavy atom. The van der Waals surface area contributed by atoms with E-state index in [0.717, 1.165) is 25.9 Å². The van der Waals surface area contributed by atoms with E-state index in [1.165, 1.54) is 24.7 Å². The van der Waals surface area contributed by atoms with Crippen molar-refractivity contribution >= 4 is 46.8 Å². The van der Waals surface area contributed by atoms with Gasteiger partial charge in [-0.15, -0.1) is 24.8 Å². The van der Waals surface area contributed by atoms with Gasteiger partial charge in [0.25, 0.3) is 0 Å². The average molecular weight is 914 g/mol. The van der Waals surface area contributed by atoms with Gasteiger partial charge in [0.1, 0.15) is 48.1 Å². The van der Waals surface area contributed by atoms with Gasteiger partial charge in [-0.25, -0.2) is 0 Å². The zero-order valence-corrected chi connectivity index (χ0v) is 35.4. The SMILES string of the molecule is Cl.Cl.O.O=c1ccoc2cc(OCCCNCC3COc4cc5c(cc4O3)OCO5)ccc12.O=c1ccoc2cc(OCCCNCC3COc4cc5c(cc4O3)OCO5)ccc12. The summed E-state index contributed by atoms with van der Waals surface area (Å²) in [5.74, 6) is 6.77. The van der Waals surface area contributed by atoms with E-state index in [0.29, 0.717) is 119 Å². The van der Waals surface area contributed by atoms with E-state index >= 15 is 0 Å². The quantitative estimate of drug-likeness (QED) is 0.130. The predicted molar refractivity (Wildman–Crippen MR) is 234 cm³/mol. The number of rotatable bonds is 14. The van der Waals surface area contributed by atoms with E-state index in [1.54, 1.807) is 48.5 Å². The molecule has 0 saturated carbocycles.